The molecule has 148 valence electrons. The van der Waals surface area contributed by atoms with Crippen LogP contribution in [0.25, 0.3) is 0 Å². The van der Waals surface area contributed by atoms with E-state index in [4.69, 9.17) is 0 Å². The number of hydrogen-bond donors (Lipinski definition) is 1. The van der Waals surface area contributed by atoms with Gasteiger partial charge in [0.2, 0.25) is 0 Å². The van der Waals surface area contributed by atoms with Crippen molar-refractivity contribution in [3.05, 3.63) is 65.7 Å². The summed E-state index contributed by atoms with van der Waals surface area (Å²) in [4.78, 5) is 30.9. The standard InChI is InChI=1S/C23H24N4O2/c1-16-10-7-8-13-18(16)22(28)25-21-20(19-14-6-3-9-15-24-19)23(29)27(26-21)17-11-4-2-5-12-17/h2,4-5,7-8,10-13,20H,3,6,9,14-15H2,1H3,(H,25,26,28)/t20-/m0/s1. The van der Waals surface area contributed by atoms with Gasteiger partial charge in [-0.05, 0) is 49.9 Å². The molecule has 2 heterocycles. The van der Waals surface area contributed by atoms with Crippen molar-refractivity contribution in [2.24, 2.45) is 16.0 Å². The molecule has 6 nitrogen and oxygen atoms in total. The Morgan fingerprint density at radius 3 is 2.59 bits per heavy atom. The summed E-state index contributed by atoms with van der Waals surface area (Å²) in [5, 5.41) is 8.79. The van der Waals surface area contributed by atoms with E-state index in [9.17, 15) is 9.59 Å². The highest BCUT2D eigenvalue weighted by Crippen LogP contribution is 2.26. The number of carbonyl (C=O) groups is 2. The Bertz CT molecular complexity index is 981. The van der Waals surface area contributed by atoms with Crippen molar-refractivity contribution in [3.8, 4) is 0 Å². The molecule has 0 unspecified atom stereocenters. The number of hydrogen-bond acceptors (Lipinski definition) is 4. The van der Waals surface area contributed by atoms with Gasteiger partial charge in [0.1, 0.15) is 11.8 Å². The summed E-state index contributed by atoms with van der Waals surface area (Å²) in [6.07, 6.45) is 3.86. The minimum absolute atomic E-state index is 0.170. The van der Waals surface area contributed by atoms with E-state index in [1.165, 1.54) is 5.01 Å². The van der Waals surface area contributed by atoms with E-state index in [1.807, 2.05) is 55.5 Å². The SMILES string of the molecule is Cc1ccccc1C(=O)NC1=NN(c2ccccc2)C(=O)[C@H]1C1=NCCCCC1. The van der Waals surface area contributed by atoms with Gasteiger partial charge < -0.3 is 5.32 Å². The largest absolute Gasteiger partial charge is 0.308 e. The molecular formula is C23H24N4O2. The quantitative estimate of drug-likeness (QED) is 0.870. The molecule has 2 aromatic rings. The van der Waals surface area contributed by atoms with Gasteiger partial charge in [-0.25, -0.2) is 0 Å². The number of aliphatic imine (C=N–C) groups is 1. The van der Waals surface area contributed by atoms with Gasteiger partial charge in [0.15, 0.2) is 0 Å². The molecule has 29 heavy (non-hydrogen) atoms. The lowest BCUT2D eigenvalue weighted by Crippen LogP contribution is -2.41. The highest BCUT2D eigenvalue weighted by molar-refractivity contribution is 6.30. The highest BCUT2D eigenvalue weighted by Gasteiger charge is 2.41. The molecule has 1 atom stereocenters. The van der Waals surface area contributed by atoms with Gasteiger partial charge in [-0.15, -0.1) is 0 Å². The van der Waals surface area contributed by atoms with Crippen LogP contribution in [0, 0.1) is 12.8 Å². The topological polar surface area (TPSA) is 74.1 Å². The number of para-hydroxylation sites is 1. The van der Waals surface area contributed by atoms with Crippen LogP contribution in [0.2, 0.25) is 0 Å². The summed E-state index contributed by atoms with van der Waals surface area (Å²) in [6, 6.07) is 16.7. The van der Waals surface area contributed by atoms with Crippen LogP contribution >= 0.6 is 0 Å². The van der Waals surface area contributed by atoms with E-state index in [-0.39, 0.29) is 11.8 Å². The van der Waals surface area contributed by atoms with Crippen LogP contribution in [0.1, 0.15) is 41.6 Å². The molecular weight excluding hydrogens is 364 g/mol. The van der Waals surface area contributed by atoms with Crippen molar-refractivity contribution in [2.45, 2.75) is 32.6 Å². The molecule has 2 aliphatic rings. The summed E-state index contributed by atoms with van der Waals surface area (Å²) >= 11 is 0. The number of carbonyl (C=O) groups excluding carboxylic acids is 2. The normalized spacial score (nSPS) is 19.4. The monoisotopic (exact) mass is 388 g/mol. The van der Waals surface area contributed by atoms with E-state index in [0.29, 0.717) is 23.6 Å². The lowest BCUT2D eigenvalue weighted by atomic mass is 9.96. The predicted octanol–water partition coefficient (Wildman–Crippen LogP) is 3.72. The van der Waals surface area contributed by atoms with Gasteiger partial charge >= 0.3 is 0 Å². The van der Waals surface area contributed by atoms with E-state index < -0.39 is 5.92 Å². The molecule has 4 rings (SSSR count). The summed E-state index contributed by atoms with van der Waals surface area (Å²) in [7, 11) is 0. The van der Waals surface area contributed by atoms with E-state index in [0.717, 1.165) is 37.0 Å². The van der Waals surface area contributed by atoms with E-state index in [1.54, 1.807) is 6.07 Å². The van der Waals surface area contributed by atoms with Crippen molar-refractivity contribution in [3.63, 3.8) is 0 Å². The fourth-order valence-electron chi connectivity index (χ4n) is 3.75. The fraction of sp³-hybridized carbons (Fsp3) is 0.304. The number of aryl methyl sites for hydroxylation is 1. The van der Waals surface area contributed by atoms with Gasteiger partial charge in [0.25, 0.3) is 11.8 Å². The van der Waals surface area contributed by atoms with Crippen molar-refractivity contribution in [2.75, 3.05) is 11.6 Å². The second kappa shape index (κ2) is 8.39. The zero-order valence-corrected chi connectivity index (χ0v) is 16.5. The molecule has 0 bridgehead atoms. The Labute approximate surface area is 170 Å². The lowest BCUT2D eigenvalue weighted by molar-refractivity contribution is -0.118. The number of benzene rings is 2. The third kappa shape index (κ3) is 3.97. The molecule has 0 fully saturated rings. The number of amides is 2. The predicted molar refractivity (Wildman–Crippen MR) is 114 cm³/mol. The average Bonchev–Trinajstić information content (AvgIpc) is 2.90. The first-order valence-electron chi connectivity index (χ1n) is 10.0. The van der Waals surface area contributed by atoms with Gasteiger partial charge in [-0.2, -0.15) is 10.1 Å². The molecule has 0 saturated carbocycles. The van der Waals surface area contributed by atoms with Gasteiger partial charge in [-0.3, -0.25) is 14.6 Å². The van der Waals surface area contributed by atoms with Crippen LogP contribution in [-0.2, 0) is 4.79 Å². The van der Waals surface area contributed by atoms with Gasteiger partial charge in [-0.1, -0.05) is 42.8 Å². The van der Waals surface area contributed by atoms with Gasteiger partial charge in [0, 0.05) is 17.8 Å². The molecule has 2 aromatic carbocycles. The van der Waals surface area contributed by atoms with E-state index >= 15 is 0 Å². The Hall–Kier alpha value is -3.28. The molecule has 2 aliphatic heterocycles. The first-order chi connectivity index (χ1) is 14.1. The molecule has 2 amide bonds. The van der Waals surface area contributed by atoms with Crippen LogP contribution in [0.4, 0.5) is 5.69 Å². The van der Waals surface area contributed by atoms with Crippen molar-refractivity contribution in [1.82, 2.24) is 5.32 Å². The smallest absolute Gasteiger partial charge is 0.263 e. The molecule has 0 saturated heterocycles. The van der Waals surface area contributed by atoms with Crippen LogP contribution in [0.5, 0.6) is 0 Å². The van der Waals surface area contributed by atoms with E-state index in [2.05, 4.69) is 15.4 Å². The highest BCUT2D eigenvalue weighted by atomic mass is 16.2. The number of nitrogens with one attached hydrogen (secondary N) is 1. The Morgan fingerprint density at radius 2 is 1.79 bits per heavy atom. The number of nitrogens with zero attached hydrogens (tertiary/aromatic N) is 3. The van der Waals surface area contributed by atoms with Crippen LogP contribution in [0.3, 0.4) is 0 Å². The maximum absolute atomic E-state index is 13.3. The van der Waals surface area contributed by atoms with Gasteiger partial charge in [0.05, 0.1) is 5.69 Å². The second-order valence-electron chi connectivity index (χ2n) is 7.36. The maximum Gasteiger partial charge on any atom is 0.263 e. The molecule has 6 heteroatoms. The number of amidine groups is 1. The third-order valence-corrected chi connectivity index (χ3v) is 5.31. The molecule has 0 aliphatic carbocycles. The Balaban J connectivity index is 1.68. The summed E-state index contributed by atoms with van der Waals surface area (Å²) in [6.45, 7) is 2.60. The molecule has 0 spiro atoms. The molecule has 0 radical (unpaired) electrons. The van der Waals surface area contributed by atoms with Crippen LogP contribution in [0.15, 0.2) is 64.7 Å². The molecule has 1 N–H and O–H groups in total. The van der Waals surface area contributed by atoms with Crippen molar-refractivity contribution in [1.29, 1.82) is 0 Å². The fourth-order valence-corrected chi connectivity index (χ4v) is 3.75. The maximum atomic E-state index is 13.3. The van der Waals surface area contributed by atoms with Crippen molar-refractivity contribution >= 4 is 29.0 Å². The minimum Gasteiger partial charge on any atom is -0.308 e. The zero-order valence-electron chi connectivity index (χ0n) is 16.5. The molecule has 0 aromatic heterocycles. The minimum atomic E-state index is -0.638. The van der Waals surface area contributed by atoms with Crippen molar-refractivity contribution < 1.29 is 9.59 Å². The first kappa shape index (κ1) is 19.1. The Kier molecular flexibility index (Phi) is 5.51. The average molecular weight is 388 g/mol. The summed E-state index contributed by atoms with van der Waals surface area (Å²) < 4.78 is 0. The third-order valence-electron chi connectivity index (χ3n) is 5.31. The Morgan fingerprint density at radius 1 is 1.03 bits per heavy atom. The van der Waals surface area contributed by atoms with Crippen LogP contribution in [-0.4, -0.2) is 29.9 Å². The second-order valence-corrected chi connectivity index (χ2v) is 7.36. The number of hydrazone groups is 1. The zero-order chi connectivity index (χ0) is 20.2. The van der Waals surface area contributed by atoms with Crippen LogP contribution < -0.4 is 10.3 Å². The summed E-state index contributed by atoms with van der Waals surface area (Å²) in [5.74, 6) is -0.713. The number of rotatable bonds is 3. The summed E-state index contributed by atoms with van der Waals surface area (Å²) in [5.41, 5.74) is 2.94. The number of anilines is 1. The lowest BCUT2D eigenvalue weighted by Gasteiger charge is -2.16. The first-order valence-corrected chi connectivity index (χ1v) is 10.0.